The van der Waals surface area contributed by atoms with Crippen LogP contribution in [0.4, 0.5) is 0 Å². The van der Waals surface area contributed by atoms with Crippen molar-refractivity contribution in [2.24, 2.45) is 5.92 Å². The molecular formula is C31H46N6O5S. The quantitative estimate of drug-likeness (QED) is 0.138. The van der Waals surface area contributed by atoms with Crippen LogP contribution in [0.15, 0.2) is 33.9 Å². The van der Waals surface area contributed by atoms with E-state index in [4.69, 9.17) is 9.15 Å². The Bertz CT molecular complexity index is 1190. The highest BCUT2D eigenvalue weighted by atomic mass is 32.2. The van der Waals surface area contributed by atoms with Crippen molar-refractivity contribution in [3.8, 4) is 0 Å². The van der Waals surface area contributed by atoms with Gasteiger partial charge >= 0.3 is 0 Å². The van der Waals surface area contributed by atoms with Gasteiger partial charge < -0.3 is 24.3 Å². The van der Waals surface area contributed by atoms with Crippen LogP contribution >= 0.6 is 11.8 Å². The van der Waals surface area contributed by atoms with Crippen molar-refractivity contribution in [1.82, 2.24) is 30.2 Å². The molecule has 1 N–H and O–H groups in total. The highest BCUT2D eigenvalue weighted by Crippen LogP contribution is 2.35. The first-order chi connectivity index (χ1) is 20.7. The molecule has 1 atom stereocenters. The van der Waals surface area contributed by atoms with Crippen molar-refractivity contribution in [3.63, 3.8) is 0 Å². The molecular weight excluding hydrogens is 568 g/mol. The molecule has 1 aromatic heterocycles. The van der Waals surface area contributed by atoms with Crippen LogP contribution in [0, 0.1) is 5.92 Å². The molecule has 1 unspecified atom stereocenters. The van der Waals surface area contributed by atoms with E-state index in [-0.39, 0.29) is 17.7 Å². The molecule has 43 heavy (non-hydrogen) atoms. The molecule has 2 amide bonds. The molecule has 1 saturated carbocycles. The van der Waals surface area contributed by atoms with Gasteiger partial charge in [-0.05, 0) is 69.8 Å². The second-order valence-corrected chi connectivity index (χ2v) is 13.2. The summed E-state index contributed by atoms with van der Waals surface area (Å²) in [6, 6.07) is 6.76. The number of carbonyl (C=O) groups is 3. The number of aromatic nitrogens is 2. The fraction of sp³-hybridized carbons (Fsp3) is 0.645. The van der Waals surface area contributed by atoms with Crippen molar-refractivity contribution in [1.29, 1.82) is 0 Å². The Labute approximate surface area is 259 Å². The van der Waals surface area contributed by atoms with Gasteiger partial charge in [-0.15, -0.1) is 10.2 Å². The average Bonchev–Trinajstić information content (AvgIpc) is 3.46. The third-order valence-corrected chi connectivity index (χ3v) is 8.87. The van der Waals surface area contributed by atoms with Crippen LogP contribution in [0.1, 0.15) is 79.0 Å². The first kappa shape index (κ1) is 33.1. The molecule has 11 nitrogen and oxygen atoms in total. The number of Topliss-reactive ketones (excluding diaryl/α,β-unsaturated/α-hetero) is 1. The molecule has 0 bridgehead atoms. The Balaban J connectivity index is 1.53. The predicted octanol–water partition coefficient (Wildman–Crippen LogP) is 3.70. The monoisotopic (exact) mass is 614 g/mol. The van der Waals surface area contributed by atoms with Crippen LogP contribution in [-0.4, -0.2) is 107 Å². The SMILES string of the molecule is CC(C)CC(C(=O)c1nnc(SCCN(C)C)o1)N(C=O)C1(NC(=O)c2ccc(CN3CCOCC3)cc2)CCCCC1. The van der Waals surface area contributed by atoms with E-state index in [0.717, 1.165) is 70.0 Å². The third kappa shape index (κ3) is 9.10. The maximum absolute atomic E-state index is 13.9. The molecule has 0 spiro atoms. The van der Waals surface area contributed by atoms with Gasteiger partial charge in [-0.1, -0.05) is 44.2 Å². The Kier molecular flexibility index (Phi) is 12.2. The molecule has 236 valence electrons. The van der Waals surface area contributed by atoms with E-state index in [0.29, 0.717) is 36.5 Å². The lowest BCUT2D eigenvalue weighted by molar-refractivity contribution is -0.129. The first-order valence-corrected chi connectivity index (χ1v) is 16.3. The maximum atomic E-state index is 13.9. The number of carbonyl (C=O) groups excluding carboxylic acids is 3. The largest absolute Gasteiger partial charge is 0.408 e. The molecule has 4 rings (SSSR count). The number of amides is 2. The number of ketones is 1. The molecule has 0 radical (unpaired) electrons. The van der Waals surface area contributed by atoms with Gasteiger partial charge in [-0.3, -0.25) is 19.3 Å². The maximum Gasteiger partial charge on any atom is 0.286 e. The summed E-state index contributed by atoms with van der Waals surface area (Å²) < 4.78 is 11.2. The minimum absolute atomic E-state index is 0.101. The zero-order valence-electron chi connectivity index (χ0n) is 25.9. The van der Waals surface area contributed by atoms with E-state index in [1.54, 1.807) is 0 Å². The summed E-state index contributed by atoms with van der Waals surface area (Å²) in [7, 11) is 3.96. The fourth-order valence-corrected chi connectivity index (χ4v) is 6.61. The Hall–Kier alpha value is -2.80. The van der Waals surface area contributed by atoms with Crippen molar-refractivity contribution < 1.29 is 23.5 Å². The Morgan fingerprint density at radius 1 is 1.09 bits per heavy atom. The number of hydrogen-bond donors (Lipinski definition) is 1. The smallest absolute Gasteiger partial charge is 0.286 e. The summed E-state index contributed by atoms with van der Waals surface area (Å²) in [6.45, 7) is 8.89. The molecule has 12 heteroatoms. The highest BCUT2D eigenvalue weighted by Gasteiger charge is 2.45. The molecule has 1 aliphatic carbocycles. The van der Waals surface area contributed by atoms with E-state index in [9.17, 15) is 14.4 Å². The lowest BCUT2D eigenvalue weighted by atomic mass is 9.84. The first-order valence-electron chi connectivity index (χ1n) is 15.3. The van der Waals surface area contributed by atoms with E-state index >= 15 is 0 Å². The lowest BCUT2D eigenvalue weighted by Gasteiger charge is -2.48. The standard InChI is InChI=1S/C31H46N6O5S/c1-23(2)20-26(27(39)29-33-34-30(42-29)43-19-16-35(3)4)37(22-38)31(12-6-5-7-13-31)32-28(40)25-10-8-24(9-11-25)21-36-14-17-41-18-15-36/h8-11,22-23,26H,5-7,12-21H2,1-4H3,(H,32,40). The second-order valence-electron chi connectivity index (χ2n) is 12.2. The number of benzene rings is 1. The summed E-state index contributed by atoms with van der Waals surface area (Å²) >= 11 is 1.39. The zero-order valence-corrected chi connectivity index (χ0v) is 26.7. The van der Waals surface area contributed by atoms with E-state index in [2.05, 4.69) is 20.4 Å². The van der Waals surface area contributed by atoms with Crippen LogP contribution < -0.4 is 5.32 Å². The van der Waals surface area contributed by atoms with E-state index in [1.165, 1.54) is 16.7 Å². The molecule has 2 fully saturated rings. The van der Waals surface area contributed by atoms with Crippen molar-refractivity contribution in [2.75, 3.05) is 52.7 Å². The lowest BCUT2D eigenvalue weighted by Crippen LogP contribution is -2.65. The van der Waals surface area contributed by atoms with Crippen molar-refractivity contribution >= 4 is 29.9 Å². The molecule has 1 saturated heterocycles. The molecule has 2 heterocycles. The van der Waals surface area contributed by atoms with Gasteiger partial charge in [0.05, 0.1) is 13.2 Å². The van der Waals surface area contributed by atoms with Crippen LogP contribution in [-0.2, 0) is 16.1 Å². The van der Waals surface area contributed by atoms with Crippen LogP contribution in [0.2, 0.25) is 0 Å². The van der Waals surface area contributed by atoms with Crippen LogP contribution in [0.25, 0.3) is 0 Å². The number of morpholine rings is 1. The summed E-state index contributed by atoms with van der Waals surface area (Å²) in [5.41, 5.74) is 0.647. The third-order valence-electron chi connectivity index (χ3n) is 8.08. The molecule has 1 aliphatic heterocycles. The summed E-state index contributed by atoms with van der Waals surface area (Å²) in [4.78, 5) is 46.3. The Morgan fingerprint density at radius 2 is 1.79 bits per heavy atom. The molecule has 1 aromatic carbocycles. The minimum Gasteiger partial charge on any atom is -0.408 e. The van der Waals surface area contributed by atoms with Gasteiger partial charge in [0.1, 0.15) is 11.7 Å². The summed E-state index contributed by atoms with van der Waals surface area (Å²) in [5, 5.41) is 11.6. The topological polar surface area (TPSA) is 121 Å². The van der Waals surface area contributed by atoms with Crippen molar-refractivity contribution in [2.45, 2.75) is 75.8 Å². The van der Waals surface area contributed by atoms with Gasteiger partial charge in [0.25, 0.3) is 17.0 Å². The second kappa shape index (κ2) is 15.8. The van der Waals surface area contributed by atoms with E-state index < -0.39 is 17.5 Å². The molecule has 2 aliphatic rings. The van der Waals surface area contributed by atoms with Gasteiger partial charge in [0.15, 0.2) is 0 Å². The van der Waals surface area contributed by atoms with Gasteiger partial charge in [0, 0.05) is 37.5 Å². The number of hydrogen-bond acceptors (Lipinski definition) is 10. The van der Waals surface area contributed by atoms with Crippen LogP contribution in [0.3, 0.4) is 0 Å². The van der Waals surface area contributed by atoms with Gasteiger partial charge in [0.2, 0.25) is 12.2 Å². The number of ether oxygens (including phenoxy) is 1. The zero-order chi connectivity index (χ0) is 30.8. The highest BCUT2D eigenvalue weighted by molar-refractivity contribution is 7.99. The van der Waals surface area contributed by atoms with Gasteiger partial charge in [-0.25, -0.2) is 0 Å². The molecule has 2 aromatic rings. The van der Waals surface area contributed by atoms with Crippen LogP contribution in [0.5, 0.6) is 0 Å². The average molecular weight is 615 g/mol. The number of nitrogens with zero attached hydrogens (tertiary/aromatic N) is 5. The van der Waals surface area contributed by atoms with Crippen molar-refractivity contribution in [3.05, 3.63) is 41.3 Å². The summed E-state index contributed by atoms with van der Waals surface area (Å²) in [5.74, 6) is 0.0583. The number of thioether (sulfide) groups is 1. The number of nitrogens with one attached hydrogen (secondary N) is 1. The predicted molar refractivity (Wildman–Crippen MR) is 165 cm³/mol. The minimum atomic E-state index is -0.998. The van der Waals surface area contributed by atoms with Gasteiger partial charge in [-0.2, -0.15) is 0 Å². The number of rotatable bonds is 15. The summed E-state index contributed by atoms with van der Waals surface area (Å²) in [6.07, 6.45) is 4.90. The normalized spacial score (nSPS) is 18.0. The van der Waals surface area contributed by atoms with E-state index in [1.807, 2.05) is 57.1 Å². The Morgan fingerprint density at radius 3 is 2.42 bits per heavy atom. The fourth-order valence-electron chi connectivity index (χ4n) is 5.74.